The van der Waals surface area contributed by atoms with Crippen molar-refractivity contribution >= 4 is 28.7 Å². The average Bonchev–Trinajstić information content (AvgIpc) is 3.21. The van der Waals surface area contributed by atoms with Gasteiger partial charge in [-0.2, -0.15) is 0 Å². The first-order chi connectivity index (χ1) is 12.8. The lowest BCUT2D eigenvalue weighted by atomic mass is 10.0. The maximum atomic E-state index is 5.51. The van der Waals surface area contributed by atoms with Crippen molar-refractivity contribution in [3.8, 4) is 5.75 Å². The fraction of sp³-hybridized carbons (Fsp3) is 0.421. The van der Waals surface area contributed by atoms with Crippen molar-refractivity contribution in [3.63, 3.8) is 0 Å². The van der Waals surface area contributed by atoms with E-state index in [2.05, 4.69) is 45.2 Å². The van der Waals surface area contributed by atoms with Gasteiger partial charge in [-0.25, -0.2) is 0 Å². The molecular weight excluding hydrogens is 366 g/mol. The third-order valence-electron chi connectivity index (χ3n) is 4.45. The summed E-state index contributed by atoms with van der Waals surface area (Å²) >= 11 is 7.18. The van der Waals surface area contributed by atoms with Crippen LogP contribution >= 0.6 is 23.6 Å². The summed E-state index contributed by atoms with van der Waals surface area (Å²) in [7, 11) is 1.69. The predicted octanol–water partition coefficient (Wildman–Crippen LogP) is 2.79. The van der Waals surface area contributed by atoms with Gasteiger partial charge < -0.3 is 20.1 Å². The van der Waals surface area contributed by atoms with Crippen molar-refractivity contribution in [1.29, 1.82) is 0 Å². The lowest BCUT2D eigenvalue weighted by Gasteiger charge is -2.35. The number of thiocarbonyl (C=S) groups is 1. The van der Waals surface area contributed by atoms with Gasteiger partial charge in [-0.1, -0.05) is 18.2 Å². The number of benzene rings is 1. The zero-order valence-electron chi connectivity index (χ0n) is 14.9. The quantitative estimate of drug-likeness (QED) is 0.708. The van der Waals surface area contributed by atoms with Gasteiger partial charge in [-0.05, 0) is 41.4 Å². The van der Waals surface area contributed by atoms with Crippen LogP contribution in [0.3, 0.4) is 0 Å². The molecule has 0 radical (unpaired) electrons. The third kappa shape index (κ3) is 5.41. The minimum atomic E-state index is 0.242. The molecule has 1 fully saturated rings. The molecule has 1 aromatic carbocycles. The summed E-state index contributed by atoms with van der Waals surface area (Å²) in [5.41, 5.74) is 1.25. The van der Waals surface area contributed by atoms with Crippen molar-refractivity contribution in [2.24, 2.45) is 0 Å². The van der Waals surface area contributed by atoms with Crippen LogP contribution in [0.1, 0.15) is 16.5 Å². The van der Waals surface area contributed by atoms with Gasteiger partial charge >= 0.3 is 0 Å². The second kappa shape index (κ2) is 9.87. The first-order valence-corrected chi connectivity index (χ1v) is 10.0. The van der Waals surface area contributed by atoms with E-state index in [0.29, 0.717) is 5.11 Å². The summed E-state index contributed by atoms with van der Waals surface area (Å²) in [5.74, 6) is 0.871. The first kappa shape index (κ1) is 19.1. The van der Waals surface area contributed by atoms with E-state index >= 15 is 0 Å². The molecule has 0 amide bonds. The summed E-state index contributed by atoms with van der Waals surface area (Å²) in [5, 5.41) is 9.42. The van der Waals surface area contributed by atoms with E-state index in [-0.39, 0.29) is 6.04 Å². The van der Waals surface area contributed by atoms with E-state index in [1.54, 1.807) is 18.4 Å². The highest BCUT2D eigenvalue weighted by Crippen LogP contribution is 2.23. The summed E-state index contributed by atoms with van der Waals surface area (Å²) < 4.78 is 10.8. The van der Waals surface area contributed by atoms with Crippen LogP contribution in [0.2, 0.25) is 0 Å². The van der Waals surface area contributed by atoms with E-state index in [1.165, 1.54) is 10.4 Å². The number of rotatable bonds is 7. The molecule has 2 aromatic rings. The van der Waals surface area contributed by atoms with E-state index in [9.17, 15) is 0 Å². The standard InChI is InChI=1S/C19H25N3O2S2/c1-23-16-6-4-15(5-7-16)18(22-8-10-24-11-9-22)14-21-19(25)20-13-17-3-2-12-26-17/h2-7,12,18H,8-11,13-14H2,1H3,(H2,20,21,25). The van der Waals surface area contributed by atoms with Crippen molar-refractivity contribution in [1.82, 2.24) is 15.5 Å². The molecule has 0 bridgehead atoms. The molecule has 2 N–H and O–H groups in total. The van der Waals surface area contributed by atoms with Gasteiger partial charge in [0.1, 0.15) is 5.75 Å². The SMILES string of the molecule is COc1ccc(C(CNC(=S)NCc2cccs2)N2CCOCC2)cc1. The van der Waals surface area contributed by atoms with Gasteiger partial charge in [0.2, 0.25) is 0 Å². The highest BCUT2D eigenvalue weighted by molar-refractivity contribution is 7.80. The summed E-state index contributed by atoms with van der Waals surface area (Å²) in [4.78, 5) is 3.72. The van der Waals surface area contributed by atoms with Crippen LogP contribution in [-0.2, 0) is 11.3 Å². The maximum absolute atomic E-state index is 5.51. The molecule has 1 atom stereocenters. The molecular formula is C19H25N3O2S2. The Bertz CT molecular complexity index is 671. The van der Waals surface area contributed by atoms with Crippen molar-refractivity contribution < 1.29 is 9.47 Å². The van der Waals surface area contributed by atoms with Crippen LogP contribution in [0.25, 0.3) is 0 Å². The molecule has 2 heterocycles. The van der Waals surface area contributed by atoms with Crippen LogP contribution in [0.5, 0.6) is 5.75 Å². The fourth-order valence-electron chi connectivity index (χ4n) is 3.01. The van der Waals surface area contributed by atoms with Crippen molar-refractivity contribution in [3.05, 3.63) is 52.2 Å². The Kier molecular flexibility index (Phi) is 7.25. The Balaban J connectivity index is 1.59. The molecule has 5 nitrogen and oxygen atoms in total. The van der Waals surface area contributed by atoms with Gasteiger partial charge in [-0.15, -0.1) is 11.3 Å². The maximum Gasteiger partial charge on any atom is 0.166 e. The van der Waals surface area contributed by atoms with Crippen molar-refractivity contribution in [2.45, 2.75) is 12.6 Å². The second-order valence-corrected chi connectivity index (χ2v) is 7.52. The number of hydrogen-bond acceptors (Lipinski definition) is 5. The minimum Gasteiger partial charge on any atom is -0.497 e. The molecule has 0 spiro atoms. The second-order valence-electron chi connectivity index (χ2n) is 6.08. The number of nitrogens with one attached hydrogen (secondary N) is 2. The van der Waals surface area contributed by atoms with Gasteiger partial charge in [0.05, 0.1) is 32.9 Å². The van der Waals surface area contributed by atoms with Gasteiger partial charge in [0, 0.05) is 24.5 Å². The molecule has 26 heavy (non-hydrogen) atoms. The lowest BCUT2D eigenvalue weighted by molar-refractivity contribution is 0.0170. The molecule has 1 unspecified atom stereocenters. The molecule has 0 saturated carbocycles. The summed E-state index contributed by atoms with van der Waals surface area (Å²) in [6, 6.07) is 12.7. The largest absolute Gasteiger partial charge is 0.497 e. The molecule has 1 aliphatic rings. The number of methoxy groups -OCH3 is 1. The van der Waals surface area contributed by atoms with Crippen LogP contribution in [0, 0.1) is 0 Å². The number of morpholine rings is 1. The van der Waals surface area contributed by atoms with Gasteiger partial charge in [0.25, 0.3) is 0 Å². The molecule has 3 rings (SSSR count). The van der Waals surface area contributed by atoms with Crippen LogP contribution < -0.4 is 15.4 Å². The normalized spacial score (nSPS) is 16.0. The zero-order chi connectivity index (χ0) is 18.2. The highest BCUT2D eigenvalue weighted by Gasteiger charge is 2.22. The number of nitrogens with zero attached hydrogens (tertiary/aromatic N) is 1. The zero-order valence-corrected chi connectivity index (χ0v) is 16.6. The lowest BCUT2D eigenvalue weighted by Crippen LogP contribution is -2.45. The molecule has 1 saturated heterocycles. The number of thiophene rings is 1. The van der Waals surface area contributed by atoms with Gasteiger partial charge in [0.15, 0.2) is 5.11 Å². The molecule has 140 valence electrons. The van der Waals surface area contributed by atoms with Crippen LogP contribution in [0.4, 0.5) is 0 Å². The average molecular weight is 392 g/mol. The number of ether oxygens (including phenoxy) is 2. The summed E-state index contributed by atoms with van der Waals surface area (Å²) in [6.07, 6.45) is 0. The Morgan fingerprint density at radius 1 is 1.23 bits per heavy atom. The molecule has 7 heteroatoms. The molecule has 0 aliphatic carbocycles. The smallest absolute Gasteiger partial charge is 0.166 e. The predicted molar refractivity (Wildman–Crippen MR) is 110 cm³/mol. The van der Waals surface area contributed by atoms with Gasteiger partial charge in [-0.3, -0.25) is 4.90 Å². The number of hydrogen-bond donors (Lipinski definition) is 2. The molecule has 1 aliphatic heterocycles. The van der Waals surface area contributed by atoms with Crippen LogP contribution in [0.15, 0.2) is 41.8 Å². The van der Waals surface area contributed by atoms with Crippen LogP contribution in [-0.4, -0.2) is 50.0 Å². The third-order valence-corrected chi connectivity index (χ3v) is 5.61. The van der Waals surface area contributed by atoms with E-state index in [4.69, 9.17) is 21.7 Å². The summed E-state index contributed by atoms with van der Waals surface area (Å²) in [6.45, 7) is 4.90. The van der Waals surface area contributed by atoms with E-state index in [1.807, 2.05) is 12.1 Å². The molecule has 1 aromatic heterocycles. The Hall–Kier alpha value is -1.67. The monoisotopic (exact) mass is 391 g/mol. The minimum absolute atomic E-state index is 0.242. The first-order valence-electron chi connectivity index (χ1n) is 8.76. The Morgan fingerprint density at radius 3 is 2.65 bits per heavy atom. The highest BCUT2D eigenvalue weighted by atomic mass is 32.1. The Morgan fingerprint density at radius 2 is 2.00 bits per heavy atom. The van der Waals surface area contributed by atoms with E-state index in [0.717, 1.165) is 45.1 Å². The fourth-order valence-corrected chi connectivity index (χ4v) is 3.81. The topological polar surface area (TPSA) is 45.8 Å². The van der Waals surface area contributed by atoms with E-state index < -0.39 is 0 Å². The van der Waals surface area contributed by atoms with Crippen molar-refractivity contribution in [2.75, 3.05) is 40.0 Å². The Labute approximate surface area is 164 Å².